The predicted molar refractivity (Wildman–Crippen MR) is 245 cm³/mol. The molecule has 0 saturated carbocycles. The summed E-state index contributed by atoms with van der Waals surface area (Å²) in [6.45, 7) is 4.89. The molecule has 0 saturated heterocycles. The van der Waals surface area contributed by atoms with Crippen molar-refractivity contribution in [2.45, 2.75) is 53.7 Å². The first-order chi connectivity index (χ1) is 28.5. The van der Waals surface area contributed by atoms with Crippen molar-refractivity contribution in [2.24, 2.45) is 5.92 Å². The van der Waals surface area contributed by atoms with Gasteiger partial charge in [-0.2, -0.15) is 0 Å². The van der Waals surface area contributed by atoms with Gasteiger partial charge in [0.05, 0.1) is 11.6 Å². The van der Waals surface area contributed by atoms with Crippen molar-refractivity contribution in [3.8, 4) is 5.69 Å². The van der Waals surface area contributed by atoms with Gasteiger partial charge in [-0.05, 0) is 98.8 Å². The van der Waals surface area contributed by atoms with Crippen molar-refractivity contribution in [3.05, 3.63) is 215 Å². The fraction of sp³-hybridized carbons (Fsp3) is 0.164. The maximum Gasteiger partial charge on any atom is 0.0567 e. The number of nitrogens with zero attached hydrogens (tertiary/aromatic N) is 2. The molecule has 6 aromatic carbocycles. The van der Waals surface area contributed by atoms with Crippen LogP contribution >= 0.6 is 11.8 Å². The molecule has 0 bridgehead atoms. The molecule has 0 spiro atoms. The number of fused-ring (bicyclic) bond motifs is 11. The quantitative estimate of drug-likeness (QED) is 0.172. The molecule has 5 unspecified atom stereocenters. The Morgan fingerprint density at radius 1 is 0.707 bits per heavy atom. The highest BCUT2D eigenvalue weighted by atomic mass is 32.2. The van der Waals surface area contributed by atoms with E-state index < -0.39 is 0 Å². The summed E-state index contributed by atoms with van der Waals surface area (Å²) in [7, 11) is 0. The molecule has 1 aliphatic heterocycles. The van der Waals surface area contributed by atoms with Gasteiger partial charge in [-0.25, -0.2) is 0 Å². The standard InChI is InChI=1S/C55H44N2S/c1-55(2)48-21-10-8-17-43(48)44-30-28-40(34-49(44)55)56(38-26-23-36(24-27-38)42-19-12-20-46-45-18-9-11-22-52(45)58-54(42)46)39-29-32-50-47(33-39)53-41-16-7-6-13-35(41)25-31-51(53)57(50)37-14-4-3-5-15-37/h3-28,30-34,39,44,46,49,54H,29H2,1-2H3. The Kier molecular flexibility index (Phi) is 7.63. The van der Waals surface area contributed by atoms with Crippen LogP contribution in [-0.4, -0.2) is 15.9 Å². The van der Waals surface area contributed by atoms with Gasteiger partial charge < -0.3 is 9.47 Å². The molecule has 4 aliphatic carbocycles. The van der Waals surface area contributed by atoms with Crippen molar-refractivity contribution >= 4 is 56.8 Å². The van der Waals surface area contributed by atoms with Crippen LogP contribution in [0.25, 0.3) is 45.1 Å². The second-order valence-electron chi connectivity index (χ2n) is 17.2. The van der Waals surface area contributed by atoms with Gasteiger partial charge in [-0.1, -0.05) is 160 Å². The van der Waals surface area contributed by atoms with Crippen LogP contribution in [0.3, 0.4) is 0 Å². The summed E-state index contributed by atoms with van der Waals surface area (Å²) in [6.07, 6.45) is 20.5. The number of benzene rings is 6. The topological polar surface area (TPSA) is 8.17 Å². The van der Waals surface area contributed by atoms with Crippen molar-refractivity contribution in [1.29, 1.82) is 0 Å². The monoisotopic (exact) mass is 764 g/mol. The lowest BCUT2D eigenvalue weighted by atomic mass is 9.74. The molecule has 58 heavy (non-hydrogen) atoms. The van der Waals surface area contributed by atoms with E-state index in [9.17, 15) is 0 Å². The molecule has 2 nitrogen and oxygen atoms in total. The number of hydrogen-bond donors (Lipinski definition) is 0. The molecule has 7 aromatic rings. The molecule has 0 N–H and O–H groups in total. The fourth-order valence-electron chi connectivity index (χ4n) is 11.0. The second kappa shape index (κ2) is 13.0. The van der Waals surface area contributed by atoms with E-state index in [-0.39, 0.29) is 11.5 Å². The number of hydrogen-bond acceptors (Lipinski definition) is 2. The molecule has 280 valence electrons. The van der Waals surface area contributed by atoms with E-state index in [4.69, 9.17) is 0 Å². The summed E-state index contributed by atoms with van der Waals surface area (Å²) in [6, 6.07) is 52.1. The van der Waals surface area contributed by atoms with Crippen molar-refractivity contribution in [2.75, 3.05) is 4.90 Å². The van der Waals surface area contributed by atoms with Gasteiger partial charge in [0.15, 0.2) is 0 Å². The first-order valence-corrected chi connectivity index (χ1v) is 21.7. The third-order valence-electron chi connectivity index (χ3n) is 13.8. The van der Waals surface area contributed by atoms with E-state index in [1.807, 2.05) is 11.8 Å². The van der Waals surface area contributed by atoms with Gasteiger partial charge in [-0.15, -0.1) is 11.8 Å². The molecule has 0 radical (unpaired) electrons. The zero-order valence-electron chi connectivity index (χ0n) is 32.8. The normalized spacial score (nSPS) is 23.2. The Labute approximate surface area is 344 Å². The molecule has 5 atom stereocenters. The van der Waals surface area contributed by atoms with Gasteiger partial charge in [0.2, 0.25) is 0 Å². The van der Waals surface area contributed by atoms with Gasteiger partial charge >= 0.3 is 0 Å². The van der Waals surface area contributed by atoms with Gasteiger partial charge in [0, 0.05) is 55.0 Å². The number of anilines is 1. The minimum absolute atomic E-state index is 0.0262. The van der Waals surface area contributed by atoms with Gasteiger partial charge in [0.25, 0.3) is 0 Å². The van der Waals surface area contributed by atoms with Crippen LogP contribution in [0.4, 0.5) is 5.69 Å². The predicted octanol–water partition coefficient (Wildman–Crippen LogP) is 12.0. The van der Waals surface area contributed by atoms with Gasteiger partial charge in [0.1, 0.15) is 0 Å². The first kappa shape index (κ1) is 34.0. The molecule has 12 rings (SSSR count). The van der Waals surface area contributed by atoms with Crippen LogP contribution in [0.2, 0.25) is 0 Å². The lowest BCUT2D eigenvalue weighted by molar-refractivity contribution is 0.391. The molecular weight excluding hydrogens is 721 g/mol. The number of allylic oxidation sites excluding steroid dienone is 6. The van der Waals surface area contributed by atoms with Crippen molar-refractivity contribution in [3.63, 3.8) is 0 Å². The summed E-state index contributed by atoms with van der Waals surface area (Å²) in [5.41, 5.74) is 12.1. The molecule has 5 aliphatic rings. The van der Waals surface area contributed by atoms with Crippen LogP contribution < -0.4 is 15.5 Å². The molecule has 1 aromatic heterocycles. The number of thioether (sulfide) groups is 1. The number of rotatable bonds is 5. The van der Waals surface area contributed by atoms with E-state index in [0.717, 1.165) is 6.42 Å². The maximum atomic E-state index is 2.64. The lowest BCUT2D eigenvalue weighted by Gasteiger charge is -2.38. The highest BCUT2D eigenvalue weighted by molar-refractivity contribution is 8.00. The number of aromatic nitrogens is 1. The van der Waals surface area contributed by atoms with Crippen LogP contribution in [-0.2, 0) is 5.41 Å². The minimum atomic E-state index is 0.0262. The summed E-state index contributed by atoms with van der Waals surface area (Å²) in [5, 5.41) is 6.91. The Morgan fingerprint density at radius 3 is 2.36 bits per heavy atom. The van der Waals surface area contributed by atoms with Crippen LogP contribution in [0.5, 0.6) is 0 Å². The largest absolute Gasteiger partial charge is 0.334 e. The highest BCUT2D eigenvalue weighted by Gasteiger charge is 2.45. The van der Waals surface area contributed by atoms with Crippen molar-refractivity contribution < 1.29 is 0 Å². The van der Waals surface area contributed by atoms with E-state index in [1.54, 1.807) is 0 Å². The first-order valence-electron chi connectivity index (χ1n) is 20.9. The van der Waals surface area contributed by atoms with E-state index in [0.29, 0.717) is 23.0 Å². The Morgan fingerprint density at radius 2 is 1.48 bits per heavy atom. The average molecular weight is 765 g/mol. The highest BCUT2D eigenvalue weighted by Crippen LogP contribution is 2.55. The Balaban J connectivity index is 1.01. The smallest absolute Gasteiger partial charge is 0.0567 e. The second-order valence-corrected chi connectivity index (χ2v) is 18.3. The zero-order valence-corrected chi connectivity index (χ0v) is 33.6. The van der Waals surface area contributed by atoms with Crippen LogP contribution in [0, 0.1) is 5.92 Å². The molecule has 0 fully saturated rings. The van der Waals surface area contributed by atoms with E-state index in [1.165, 1.54) is 82.0 Å². The molecule has 2 heterocycles. The fourth-order valence-corrected chi connectivity index (χ4v) is 12.5. The Hall–Kier alpha value is -6.03. The summed E-state index contributed by atoms with van der Waals surface area (Å²) >= 11 is 2.02. The van der Waals surface area contributed by atoms with Crippen LogP contribution in [0.1, 0.15) is 54.4 Å². The SMILES string of the molecule is CC1(C)c2ccccc2C2C=CC(N(c3ccc(C4=CC=CC5c6ccccc6SC45)cc3)C3C=c4c(n(-c5ccccc5)c5ccc6ccccc6c45)=CC3)=CC21. The maximum absolute atomic E-state index is 2.64. The molecule has 0 amide bonds. The summed E-state index contributed by atoms with van der Waals surface area (Å²) in [5.74, 6) is 1.17. The third-order valence-corrected chi connectivity index (χ3v) is 15.2. The minimum Gasteiger partial charge on any atom is -0.334 e. The van der Waals surface area contributed by atoms with E-state index >= 15 is 0 Å². The Bertz CT molecular complexity index is 3070. The van der Waals surface area contributed by atoms with Crippen LogP contribution in [0.15, 0.2) is 187 Å². The number of para-hydroxylation sites is 1. The van der Waals surface area contributed by atoms with Gasteiger partial charge in [-0.3, -0.25) is 0 Å². The van der Waals surface area contributed by atoms with E-state index in [2.05, 4.69) is 211 Å². The lowest BCUT2D eigenvalue weighted by Crippen LogP contribution is -2.41. The zero-order chi connectivity index (χ0) is 38.5. The summed E-state index contributed by atoms with van der Waals surface area (Å²) < 4.78 is 2.48. The third kappa shape index (κ3) is 5.05. The summed E-state index contributed by atoms with van der Waals surface area (Å²) in [4.78, 5) is 4.05. The average Bonchev–Trinajstić information content (AvgIpc) is 3.90. The van der Waals surface area contributed by atoms with Crippen molar-refractivity contribution in [1.82, 2.24) is 4.57 Å². The molecular formula is C55H44N2S. The molecule has 3 heteroatoms.